The monoisotopic (exact) mass is 653 g/mol. The van der Waals surface area contributed by atoms with E-state index in [1.54, 1.807) is 0 Å². The third-order valence-corrected chi connectivity index (χ3v) is 13.0. The Bertz CT molecular complexity index is 2760. The minimum Gasteiger partial charge on any atom is -0.377 e. The van der Waals surface area contributed by atoms with Crippen LogP contribution in [-0.2, 0) is 5.41 Å². The van der Waals surface area contributed by atoms with Crippen LogP contribution in [0.1, 0.15) is 22.3 Å². The molecule has 3 aliphatic heterocycles. The van der Waals surface area contributed by atoms with E-state index in [-0.39, 0.29) is 19.0 Å². The van der Waals surface area contributed by atoms with Gasteiger partial charge in [0.25, 0.3) is 0 Å². The van der Waals surface area contributed by atoms with Crippen molar-refractivity contribution in [3.63, 3.8) is 0 Å². The first kappa shape index (κ1) is 27.4. The molecule has 13 rings (SSSR count). The maximum Gasteiger partial charge on any atom is 0.329 e. The molecule has 0 saturated heterocycles. The lowest BCUT2D eigenvalue weighted by Gasteiger charge is -2.49. The maximum absolute atomic E-state index is 2.71. The standard InChI is InChI=1S/C49H29B2N/c1-6-21-37-30(14-1)31-15-2-7-22-38(31)49(37)39-23-8-3-18-36(39)46-40(49)24-13-27-43(46)50-44-28-11-19-34-32-16-4-9-25-41(32)51-42-26-10-5-17-33(42)35-20-12-29-45(50)48(35)52(51)47(34)44/h1-29H. The van der Waals surface area contributed by atoms with Crippen LogP contribution in [0, 0.1) is 0 Å². The Balaban J connectivity index is 1.17. The van der Waals surface area contributed by atoms with E-state index >= 15 is 0 Å². The molecule has 0 atom stereocenters. The van der Waals surface area contributed by atoms with Crippen molar-refractivity contribution in [2.75, 3.05) is 4.81 Å². The molecule has 1 spiro atoms. The van der Waals surface area contributed by atoms with Crippen LogP contribution in [0.25, 0.3) is 44.5 Å². The van der Waals surface area contributed by atoms with E-state index in [0.29, 0.717) is 0 Å². The Hall–Kier alpha value is -6.31. The Labute approximate surface area is 304 Å². The summed E-state index contributed by atoms with van der Waals surface area (Å²) in [4.78, 5) is 2.71. The molecular weight excluding hydrogens is 624 g/mol. The average Bonchev–Trinajstić information content (AvgIpc) is 3.69. The molecule has 0 N–H and O–H groups in total. The molecule has 2 aliphatic carbocycles. The third-order valence-electron chi connectivity index (χ3n) is 13.0. The number of para-hydroxylation sites is 2. The second kappa shape index (κ2) is 9.51. The number of fused-ring (bicyclic) bond motifs is 16. The summed E-state index contributed by atoms with van der Waals surface area (Å²) in [7, 11) is 0. The summed E-state index contributed by atoms with van der Waals surface area (Å²) in [5, 5.41) is 0. The predicted molar refractivity (Wildman–Crippen MR) is 218 cm³/mol. The SMILES string of the molecule is c1ccc2c(c1)B1c3ccccc3-c3cccc4c3N1c1c(cccc1-2)B4c1cccc2c1-c1ccccc1C21c2ccccc2-c2ccccc21. The van der Waals surface area contributed by atoms with Crippen LogP contribution in [-0.4, -0.2) is 13.6 Å². The summed E-state index contributed by atoms with van der Waals surface area (Å²) < 4.78 is 0. The highest BCUT2D eigenvalue weighted by Crippen LogP contribution is 2.62. The van der Waals surface area contributed by atoms with E-state index in [9.17, 15) is 0 Å². The van der Waals surface area contributed by atoms with Gasteiger partial charge in [0.1, 0.15) is 0 Å². The minimum absolute atomic E-state index is 0.0578. The van der Waals surface area contributed by atoms with Crippen molar-refractivity contribution in [3.05, 3.63) is 198 Å². The number of anilines is 2. The summed E-state index contributed by atoms with van der Waals surface area (Å²) in [5.74, 6) is 0. The van der Waals surface area contributed by atoms with Crippen LogP contribution in [0.15, 0.2) is 176 Å². The Morgan fingerprint density at radius 1 is 0.308 bits per heavy atom. The number of rotatable bonds is 1. The third kappa shape index (κ3) is 3.01. The van der Waals surface area contributed by atoms with Gasteiger partial charge in [-0.15, -0.1) is 0 Å². The topological polar surface area (TPSA) is 3.24 Å². The lowest BCUT2D eigenvalue weighted by Crippen LogP contribution is -2.67. The van der Waals surface area contributed by atoms with Gasteiger partial charge >= 0.3 is 6.85 Å². The molecule has 0 unspecified atom stereocenters. The molecule has 5 aliphatic rings. The molecule has 3 heteroatoms. The van der Waals surface area contributed by atoms with Crippen LogP contribution in [0.3, 0.4) is 0 Å². The van der Waals surface area contributed by atoms with Gasteiger partial charge in [-0.1, -0.05) is 181 Å². The first-order chi connectivity index (χ1) is 25.9. The largest absolute Gasteiger partial charge is 0.377 e. The molecule has 8 aromatic carbocycles. The molecule has 3 heterocycles. The molecule has 0 radical (unpaired) electrons. The van der Waals surface area contributed by atoms with Crippen molar-refractivity contribution in [3.8, 4) is 44.5 Å². The second-order valence-electron chi connectivity index (χ2n) is 15.0. The van der Waals surface area contributed by atoms with Crippen LogP contribution >= 0.6 is 0 Å². The summed E-state index contributed by atoms with van der Waals surface area (Å²) in [6, 6.07) is 67.1. The first-order valence-corrected chi connectivity index (χ1v) is 18.5. The van der Waals surface area contributed by atoms with Gasteiger partial charge in [0.15, 0.2) is 0 Å². The quantitative estimate of drug-likeness (QED) is 0.164. The van der Waals surface area contributed by atoms with E-state index in [1.807, 2.05) is 0 Å². The minimum atomic E-state index is -0.370. The lowest BCUT2D eigenvalue weighted by molar-refractivity contribution is 0.794. The van der Waals surface area contributed by atoms with E-state index in [4.69, 9.17) is 0 Å². The number of hydrogen-bond donors (Lipinski definition) is 0. The number of hydrogen-bond acceptors (Lipinski definition) is 1. The summed E-state index contributed by atoms with van der Waals surface area (Å²) in [5.41, 5.74) is 25.6. The van der Waals surface area contributed by atoms with Crippen molar-refractivity contribution < 1.29 is 0 Å². The Kier molecular flexibility index (Phi) is 5.02. The highest BCUT2D eigenvalue weighted by atomic mass is 15.1. The van der Waals surface area contributed by atoms with Crippen molar-refractivity contribution >= 4 is 52.2 Å². The zero-order chi connectivity index (χ0) is 33.7. The molecule has 0 aromatic heterocycles. The van der Waals surface area contributed by atoms with Gasteiger partial charge in [-0.25, -0.2) is 0 Å². The molecule has 0 saturated carbocycles. The van der Waals surface area contributed by atoms with Crippen molar-refractivity contribution in [2.45, 2.75) is 5.41 Å². The van der Waals surface area contributed by atoms with Crippen LogP contribution in [0.2, 0.25) is 0 Å². The smallest absolute Gasteiger partial charge is 0.329 e. The highest BCUT2D eigenvalue weighted by molar-refractivity contribution is 7.02. The van der Waals surface area contributed by atoms with Crippen LogP contribution in [0.5, 0.6) is 0 Å². The normalized spacial score (nSPS) is 15.0. The summed E-state index contributed by atoms with van der Waals surface area (Å²) in [6.45, 7) is 0.176. The predicted octanol–water partition coefficient (Wildman–Crippen LogP) is 7.76. The fourth-order valence-corrected chi connectivity index (χ4v) is 11.3. The zero-order valence-corrected chi connectivity index (χ0v) is 28.3. The van der Waals surface area contributed by atoms with Crippen molar-refractivity contribution in [2.24, 2.45) is 0 Å². The summed E-state index contributed by atoms with van der Waals surface area (Å²) in [6.07, 6.45) is 0. The van der Waals surface area contributed by atoms with Gasteiger partial charge in [-0.3, -0.25) is 0 Å². The highest BCUT2D eigenvalue weighted by Gasteiger charge is 2.54. The fraction of sp³-hybridized carbons (Fsp3) is 0.0204. The number of nitrogens with zero attached hydrogens (tertiary/aromatic N) is 1. The molecule has 8 aromatic rings. The first-order valence-electron chi connectivity index (χ1n) is 18.5. The second-order valence-corrected chi connectivity index (χ2v) is 15.0. The zero-order valence-electron chi connectivity index (χ0n) is 28.3. The molecule has 0 bridgehead atoms. The van der Waals surface area contributed by atoms with E-state index in [2.05, 4.69) is 181 Å². The van der Waals surface area contributed by atoms with Gasteiger partial charge < -0.3 is 4.81 Å². The van der Waals surface area contributed by atoms with E-state index in [0.717, 1.165) is 0 Å². The van der Waals surface area contributed by atoms with Gasteiger partial charge in [0, 0.05) is 22.5 Å². The molecule has 52 heavy (non-hydrogen) atoms. The molecule has 1 nitrogen and oxygen atoms in total. The van der Waals surface area contributed by atoms with Gasteiger partial charge in [-0.05, 0) is 77.5 Å². The lowest BCUT2D eigenvalue weighted by atomic mass is 9.31. The Morgan fingerprint density at radius 2 is 0.692 bits per heavy atom. The van der Waals surface area contributed by atoms with Gasteiger partial charge in [-0.2, -0.15) is 0 Å². The van der Waals surface area contributed by atoms with Gasteiger partial charge in [0.05, 0.1) is 5.41 Å². The molecule has 0 amide bonds. The van der Waals surface area contributed by atoms with Crippen molar-refractivity contribution in [1.29, 1.82) is 0 Å². The van der Waals surface area contributed by atoms with Crippen molar-refractivity contribution in [1.82, 2.24) is 0 Å². The average molecular weight is 653 g/mol. The van der Waals surface area contributed by atoms with Crippen LogP contribution < -0.4 is 32.1 Å². The molecule has 236 valence electrons. The van der Waals surface area contributed by atoms with Gasteiger partial charge in [0.2, 0.25) is 6.71 Å². The number of benzene rings is 8. The van der Waals surface area contributed by atoms with Crippen LogP contribution in [0.4, 0.5) is 11.4 Å². The molecule has 0 fully saturated rings. The Morgan fingerprint density at radius 3 is 1.27 bits per heavy atom. The molecular formula is C49H29B2N. The summed E-state index contributed by atoms with van der Waals surface area (Å²) >= 11 is 0. The fourth-order valence-electron chi connectivity index (χ4n) is 11.3. The van der Waals surface area contributed by atoms with E-state index < -0.39 is 0 Å². The maximum atomic E-state index is 2.71. The van der Waals surface area contributed by atoms with E-state index in [1.165, 1.54) is 105 Å².